The van der Waals surface area contributed by atoms with Gasteiger partial charge >= 0.3 is 0 Å². The second-order valence-electron chi connectivity index (χ2n) is 4.80. The molecule has 1 unspecified atom stereocenters. The second kappa shape index (κ2) is 5.84. The fraction of sp³-hybridized carbons (Fsp3) is 0.125. The molecule has 1 aromatic heterocycles. The minimum atomic E-state index is -0.460. The summed E-state index contributed by atoms with van der Waals surface area (Å²) < 4.78 is 14.8. The molecule has 0 fully saturated rings. The van der Waals surface area contributed by atoms with Gasteiger partial charge in [0.15, 0.2) is 0 Å². The molecule has 1 nitrogen and oxygen atoms in total. The zero-order valence-corrected chi connectivity index (χ0v) is 13.5. The maximum Gasteiger partial charge on any atom is 0.142 e. The molecule has 0 amide bonds. The average molecular weight is 340 g/mol. The molecule has 1 N–H and O–H groups in total. The van der Waals surface area contributed by atoms with Gasteiger partial charge in [-0.3, -0.25) is 0 Å². The Kier molecular flexibility index (Phi) is 4.07. The highest BCUT2D eigenvalue weighted by molar-refractivity contribution is 7.17. The van der Waals surface area contributed by atoms with E-state index in [0.717, 1.165) is 5.69 Å². The van der Waals surface area contributed by atoms with Gasteiger partial charge in [0.1, 0.15) is 5.82 Å². The first-order chi connectivity index (χ1) is 10.1. The normalized spacial score (nSPS) is 12.6. The van der Waals surface area contributed by atoms with Crippen LogP contribution in [0.15, 0.2) is 41.8 Å². The first-order valence-electron chi connectivity index (χ1n) is 6.43. The number of rotatable bonds is 3. The van der Waals surface area contributed by atoms with Crippen molar-refractivity contribution in [2.45, 2.75) is 13.0 Å². The SMILES string of the molecule is CC(Nc1ccc2sccc2c1)c1c(Cl)ccc(F)c1Cl. The molecular weight excluding hydrogens is 328 g/mol. The Morgan fingerprint density at radius 2 is 1.95 bits per heavy atom. The lowest BCUT2D eigenvalue weighted by atomic mass is 10.1. The second-order valence-corrected chi connectivity index (χ2v) is 6.53. The fourth-order valence-electron chi connectivity index (χ4n) is 2.32. The Balaban J connectivity index is 1.92. The molecule has 2 aromatic carbocycles. The van der Waals surface area contributed by atoms with E-state index in [4.69, 9.17) is 23.2 Å². The minimum Gasteiger partial charge on any atom is -0.378 e. The quantitative estimate of drug-likeness (QED) is 0.535. The first kappa shape index (κ1) is 14.6. The molecule has 3 aromatic rings. The van der Waals surface area contributed by atoms with E-state index < -0.39 is 5.82 Å². The summed E-state index contributed by atoms with van der Waals surface area (Å²) in [6.07, 6.45) is 0. The van der Waals surface area contributed by atoms with Crippen LogP contribution in [0, 0.1) is 5.82 Å². The van der Waals surface area contributed by atoms with Gasteiger partial charge in [0.2, 0.25) is 0 Å². The van der Waals surface area contributed by atoms with Crippen LogP contribution in [0.5, 0.6) is 0 Å². The number of benzene rings is 2. The number of thiophene rings is 1. The number of fused-ring (bicyclic) bond motifs is 1. The third kappa shape index (κ3) is 2.86. The predicted molar refractivity (Wildman–Crippen MR) is 90.3 cm³/mol. The number of halogens is 3. The van der Waals surface area contributed by atoms with Gasteiger partial charge < -0.3 is 5.32 Å². The van der Waals surface area contributed by atoms with Crippen molar-refractivity contribution in [3.05, 3.63) is 63.2 Å². The largest absolute Gasteiger partial charge is 0.378 e. The maximum atomic E-state index is 13.6. The van der Waals surface area contributed by atoms with E-state index in [0.29, 0.717) is 10.6 Å². The van der Waals surface area contributed by atoms with Crippen LogP contribution in [-0.2, 0) is 0 Å². The van der Waals surface area contributed by atoms with Gasteiger partial charge in [0.05, 0.1) is 11.1 Å². The topological polar surface area (TPSA) is 12.0 Å². The zero-order valence-electron chi connectivity index (χ0n) is 11.2. The molecule has 5 heteroatoms. The molecule has 0 saturated carbocycles. The van der Waals surface area contributed by atoms with E-state index in [-0.39, 0.29) is 11.1 Å². The molecule has 0 radical (unpaired) electrons. The van der Waals surface area contributed by atoms with Gasteiger partial charge in [-0.05, 0) is 54.1 Å². The Morgan fingerprint density at radius 3 is 2.76 bits per heavy atom. The summed E-state index contributed by atoms with van der Waals surface area (Å²) in [6.45, 7) is 1.91. The summed E-state index contributed by atoms with van der Waals surface area (Å²) in [5.41, 5.74) is 1.52. The van der Waals surface area contributed by atoms with Crippen molar-refractivity contribution >= 4 is 50.3 Å². The highest BCUT2D eigenvalue weighted by Gasteiger charge is 2.17. The van der Waals surface area contributed by atoms with Crippen LogP contribution < -0.4 is 5.32 Å². The highest BCUT2D eigenvalue weighted by Crippen LogP contribution is 2.34. The van der Waals surface area contributed by atoms with Crippen LogP contribution in [-0.4, -0.2) is 0 Å². The Hall–Kier alpha value is -1.29. The van der Waals surface area contributed by atoms with E-state index >= 15 is 0 Å². The molecule has 0 spiro atoms. The van der Waals surface area contributed by atoms with Crippen molar-refractivity contribution < 1.29 is 4.39 Å². The van der Waals surface area contributed by atoms with Gasteiger partial charge in [0, 0.05) is 21.0 Å². The van der Waals surface area contributed by atoms with Crippen LogP contribution in [0.4, 0.5) is 10.1 Å². The number of hydrogen-bond donors (Lipinski definition) is 1. The summed E-state index contributed by atoms with van der Waals surface area (Å²) in [5, 5.41) is 7.07. The van der Waals surface area contributed by atoms with Crippen molar-refractivity contribution in [2.75, 3.05) is 5.32 Å². The number of nitrogens with one attached hydrogen (secondary N) is 1. The van der Waals surface area contributed by atoms with Gasteiger partial charge in [-0.25, -0.2) is 4.39 Å². The van der Waals surface area contributed by atoms with Crippen molar-refractivity contribution in [2.24, 2.45) is 0 Å². The van der Waals surface area contributed by atoms with E-state index in [1.54, 1.807) is 11.3 Å². The molecule has 108 valence electrons. The third-order valence-corrected chi connectivity index (χ3v) is 4.96. The smallest absolute Gasteiger partial charge is 0.142 e. The molecule has 0 bridgehead atoms. The van der Waals surface area contributed by atoms with Crippen molar-refractivity contribution in [1.29, 1.82) is 0 Å². The lowest BCUT2D eigenvalue weighted by molar-refractivity contribution is 0.624. The molecule has 1 heterocycles. The predicted octanol–water partition coefficient (Wildman–Crippen LogP) is 6.52. The van der Waals surface area contributed by atoms with Crippen molar-refractivity contribution in [1.82, 2.24) is 0 Å². The number of hydrogen-bond acceptors (Lipinski definition) is 2. The van der Waals surface area contributed by atoms with Crippen molar-refractivity contribution in [3.63, 3.8) is 0 Å². The zero-order chi connectivity index (χ0) is 15.0. The average Bonchev–Trinajstić information content (AvgIpc) is 2.91. The van der Waals surface area contributed by atoms with Gasteiger partial charge in [-0.15, -0.1) is 11.3 Å². The van der Waals surface area contributed by atoms with Crippen LogP contribution in [0.2, 0.25) is 10.0 Å². The summed E-state index contributed by atoms with van der Waals surface area (Å²) in [6, 6.07) is 10.8. The van der Waals surface area contributed by atoms with E-state index in [9.17, 15) is 4.39 Å². The summed E-state index contributed by atoms with van der Waals surface area (Å²) >= 11 is 13.9. The van der Waals surface area contributed by atoms with Gasteiger partial charge in [0.25, 0.3) is 0 Å². The molecule has 1 atom stereocenters. The summed E-state index contributed by atoms with van der Waals surface area (Å²) in [4.78, 5) is 0. The minimum absolute atomic E-state index is 0.0686. The van der Waals surface area contributed by atoms with Gasteiger partial charge in [-0.2, -0.15) is 0 Å². The standard InChI is InChI=1S/C16H12Cl2FNS/c1-9(15-12(17)3-4-13(19)16(15)18)20-11-2-5-14-10(8-11)6-7-21-14/h2-9,20H,1H3. The molecule has 0 aliphatic carbocycles. The van der Waals surface area contributed by atoms with Gasteiger partial charge in [-0.1, -0.05) is 23.2 Å². The lowest BCUT2D eigenvalue weighted by Crippen LogP contribution is -2.08. The summed E-state index contributed by atoms with van der Waals surface area (Å²) in [7, 11) is 0. The van der Waals surface area contributed by atoms with E-state index in [2.05, 4.69) is 28.9 Å². The first-order valence-corrected chi connectivity index (χ1v) is 8.07. The van der Waals surface area contributed by atoms with E-state index in [1.165, 1.54) is 22.2 Å². The van der Waals surface area contributed by atoms with Crippen LogP contribution >= 0.6 is 34.5 Å². The molecule has 0 aliphatic heterocycles. The van der Waals surface area contributed by atoms with E-state index in [1.807, 2.05) is 13.0 Å². The van der Waals surface area contributed by atoms with Crippen LogP contribution in [0.1, 0.15) is 18.5 Å². The lowest BCUT2D eigenvalue weighted by Gasteiger charge is -2.18. The Labute approximate surface area is 136 Å². The fourth-order valence-corrected chi connectivity index (χ4v) is 3.79. The third-order valence-electron chi connectivity index (χ3n) is 3.35. The van der Waals surface area contributed by atoms with Crippen molar-refractivity contribution in [3.8, 4) is 0 Å². The Morgan fingerprint density at radius 1 is 1.14 bits per heavy atom. The molecule has 0 aliphatic rings. The maximum absolute atomic E-state index is 13.6. The molecule has 0 saturated heterocycles. The molecular formula is C16H12Cl2FNS. The Bertz CT molecular complexity index is 800. The monoisotopic (exact) mass is 339 g/mol. The molecule has 21 heavy (non-hydrogen) atoms. The highest BCUT2D eigenvalue weighted by atomic mass is 35.5. The number of anilines is 1. The molecule has 3 rings (SSSR count). The van der Waals surface area contributed by atoms with Crippen LogP contribution in [0.25, 0.3) is 10.1 Å². The summed E-state index contributed by atoms with van der Waals surface area (Å²) in [5.74, 6) is -0.460. The van der Waals surface area contributed by atoms with Crippen LogP contribution in [0.3, 0.4) is 0 Å².